The van der Waals surface area contributed by atoms with E-state index in [1.165, 1.54) is 0 Å². The highest BCUT2D eigenvalue weighted by Crippen LogP contribution is 2.22. The SMILES string of the molecule is COCCC(N)c1nc(-c2ccc3ncccc3c2)no1. The molecule has 0 saturated carbocycles. The maximum Gasteiger partial charge on any atom is 0.243 e. The van der Waals surface area contributed by atoms with Gasteiger partial charge in [-0.15, -0.1) is 0 Å². The number of ether oxygens (including phenoxy) is 1. The van der Waals surface area contributed by atoms with Crippen molar-refractivity contribution in [3.8, 4) is 11.4 Å². The van der Waals surface area contributed by atoms with Gasteiger partial charge in [-0.25, -0.2) is 0 Å². The van der Waals surface area contributed by atoms with Crippen molar-refractivity contribution in [2.75, 3.05) is 13.7 Å². The molecule has 0 bridgehead atoms. The minimum Gasteiger partial charge on any atom is -0.385 e. The highest BCUT2D eigenvalue weighted by Gasteiger charge is 2.15. The van der Waals surface area contributed by atoms with Crippen molar-refractivity contribution in [1.29, 1.82) is 0 Å². The average Bonchev–Trinajstić information content (AvgIpc) is 3.02. The number of pyridine rings is 1. The minimum atomic E-state index is -0.312. The molecule has 0 fully saturated rings. The second-order valence-corrected chi connectivity index (χ2v) is 4.76. The maximum atomic E-state index is 5.98. The summed E-state index contributed by atoms with van der Waals surface area (Å²) in [5.74, 6) is 0.956. The number of hydrogen-bond acceptors (Lipinski definition) is 6. The van der Waals surface area contributed by atoms with E-state index in [4.69, 9.17) is 15.0 Å². The van der Waals surface area contributed by atoms with Gasteiger partial charge < -0.3 is 15.0 Å². The van der Waals surface area contributed by atoms with E-state index < -0.39 is 0 Å². The molecule has 0 saturated heterocycles. The lowest BCUT2D eigenvalue weighted by Gasteiger charge is -2.04. The predicted molar refractivity (Wildman–Crippen MR) is 78.5 cm³/mol. The van der Waals surface area contributed by atoms with Crippen LogP contribution in [0.2, 0.25) is 0 Å². The molecule has 0 radical (unpaired) electrons. The van der Waals surface area contributed by atoms with E-state index in [0.717, 1.165) is 16.5 Å². The molecule has 0 aliphatic carbocycles. The summed E-state index contributed by atoms with van der Waals surface area (Å²) in [5, 5.41) is 5.03. The third-order valence-electron chi connectivity index (χ3n) is 3.25. The zero-order valence-electron chi connectivity index (χ0n) is 11.7. The first kappa shape index (κ1) is 13.7. The van der Waals surface area contributed by atoms with Crippen molar-refractivity contribution < 1.29 is 9.26 Å². The number of benzene rings is 1. The topological polar surface area (TPSA) is 87.1 Å². The lowest BCUT2D eigenvalue weighted by atomic mass is 10.1. The Kier molecular flexibility index (Phi) is 3.89. The molecule has 2 aromatic heterocycles. The Morgan fingerprint density at radius 2 is 2.24 bits per heavy atom. The summed E-state index contributed by atoms with van der Waals surface area (Å²) in [4.78, 5) is 8.65. The molecule has 1 atom stereocenters. The van der Waals surface area contributed by atoms with Gasteiger partial charge in [-0.2, -0.15) is 4.98 Å². The Bertz CT molecular complexity index is 741. The summed E-state index contributed by atoms with van der Waals surface area (Å²) >= 11 is 0. The van der Waals surface area contributed by atoms with Gasteiger partial charge in [0.25, 0.3) is 0 Å². The summed E-state index contributed by atoms with van der Waals surface area (Å²) in [6, 6.07) is 9.42. The molecule has 0 aliphatic heterocycles. The monoisotopic (exact) mass is 284 g/mol. The molecule has 1 aromatic carbocycles. The van der Waals surface area contributed by atoms with Crippen LogP contribution in [0.15, 0.2) is 41.1 Å². The maximum absolute atomic E-state index is 5.98. The molecule has 3 rings (SSSR count). The van der Waals surface area contributed by atoms with E-state index >= 15 is 0 Å². The van der Waals surface area contributed by atoms with E-state index in [0.29, 0.717) is 24.7 Å². The molecule has 0 aliphatic rings. The van der Waals surface area contributed by atoms with Gasteiger partial charge in [-0.05, 0) is 30.7 Å². The van der Waals surface area contributed by atoms with E-state index in [9.17, 15) is 0 Å². The zero-order chi connectivity index (χ0) is 14.7. The largest absolute Gasteiger partial charge is 0.385 e. The Hall–Kier alpha value is -2.31. The number of nitrogens with zero attached hydrogens (tertiary/aromatic N) is 3. The van der Waals surface area contributed by atoms with Crippen molar-refractivity contribution in [2.24, 2.45) is 5.73 Å². The molecule has 2 N–H and O–H groups in total. The van der Waals surface area contributed by atoms with Crippen molar-refractivity contribution in [2.45, 2.75) is 12.5 Å². The summed E-state index contributed by atoms with van der Waals surface area (Å²) in [7, 11) is 1.63. The molecule has 108 valence electrons. The van der Waals surface area contributed by atoms with Gasteiger partial charge in [0.15, 0.2) is 0 Å². The fraction of sp³-hybridized carbons (Fsp3) is 0.267. The van der Waals surface area contributed by atoms with E-state index in [1.807, 2.05) is 30.3 Å². The first-order chi connectivity index (χ1) is 10.3. The van der Waals surface area contributed by atoms with Crippen LogP contribution in [0.5, 0.6) is 0 Å². The normalized spacial score (nSPS) is 12.7. The van der Waals surface area contributed by atoms with Crippen molar-refractivity contribution in [3.63, 3.8) is 0 Å². The third-order valence-corrected chi connectivity index (χ3v) is 3.25. The van der Waals surface area contributed by atoms with E-state index in [-0.39, 0.29) is 6.04 Å². The van der Waals surface area contributed by atoms with Crippen LogP contribution in [-0.4, -0.2) is 28.8 Å². The van der Waals surface area contributed by atoms with Gasteiger partial charge in [-0.3, -0.25) is 4.98 Å². The molecule has 1 unspecified atom stereocenters. The summed E-state index contributed by atoms with van der Waals surface area (Å²) in [5.41, 5.74) is 7.79. The fourth-order valence-corrected chi connectivity index (χ4v) is 2.09. The molecule has 0 amide bonds. The lowest BCUT2D eigenvalue weighted by molar-refractivity contribution is 0.182. The standard InChI is InChI=1S/C15H16N4O2/c1-20-8-6-12(16)15-18-14(19-21-15)11-4-5-13-10(9-11)3-2-7-17-13/h2-5,7,9,12H,6,8,16H2,1H3. The number of aromatic nitrogens is 3. The smallest absolute Gasteiger partial charge is 0.243 e. The molecular formula is C15H16N4O2. The van der Waals surface area contributed by atoms with Crippen LogP contribution in [0.25, 0.3) is 22.3 Å². The van der Waals surface area contributed by atoms with Gasteiger partial charge in [-0.1, -0.05) is 11.2 Å². The first-order valence-corrected chi connectivity index (χ1v) is 6.71. The van der Waals surface area contributed by atoms with Crippen LogP contribution in [0.3, 0.4) is 0 Å². The number of fused-ring (bicyclic) bond motifs is 1. The Morgan fingerprint density at radius 1 is 1.33 bits per heavy atom. The van der Waals surface area contributed by atoms with Crippen LogP contribution in [0.4, 0.5) is 0 Å². The van der Waals surface area contributed by atoms with Crippen LogP contribution < -0.4 is 5.73 Å². The van der Waals surface area contributed by atoms with Crippen LogP contribution in [0.1, 0.15) is 18.4 Å². The van der Waals surface area contributed by atoms with E-state index in [1.54, 1.807) is 13.3 Å². The summed E-state index contributed by atoms with van der Waals surface area (Å²) in [6.45, 7) is 0.556. The van der Waals surface area contributed by atoms with Gasteiger partial charge in [0.1, 0.15) is 0 Å². The van der Waals surface area contributed by atoms with Gasteiger partial charge >= 0.3 is 0 Å². The molecule has 6 heteroatoms. The number of nitrogens with two attached hydrogens (primary N) is 1. The molecule has 0 spiro atoms. The predicted octanol–water partition coefficient (Wildman–Crippen LogP) is 2.32. The second kappa shape index (κ2) is 5.99. The Morgan fingerprint density at radius 3 is 3.10 bits per heavy atom. The van der Waals surface area contributed by atoms with Crippen molar-refractivity contribution >= 4 is 10.9 Å². The first-order valence-electron chi connectivity index (χ1n) is 6.71. The Balaban J connectivity index is 1.87. The number of hydrogen-bond donors (Lipinski definition) is 1. The van der Waals surface area contributed by atoms with Crippen LogP contribution in [-0.2, 0) is 4.74 Å². The fourth-order valence-electron chi connectivity index (χ4n) is 2.09. The Labute approximate surface area is 121 Å². The average molecular weight is 284 g/mol. The molecular weight excluding hydrogens is 268 g/mol. The molecule has 3 aromatic rings. The van der Waals surface area contributed by atoms with E-state index in [2.05, 4.69) is 15.1 Å². The zero-order valence-corrected chi connectivity index (χ0v) is 11.7. The summed E-state index contributed by atoms with van der Waals surface area (Å²) < 4.78 is 10.2. The second-order valence-electron chi connectivity index (χ2n) is 4.76. The van der Waals surface area contributed by atoms with Crippen LogP contribution >= 0.6 is 0 Å². The molecule has 6 nitrogen and oxygen atoms in total. The molecule has 21 heavy (non-hydrogen) atoms. The third kappa shape index (κ3) is 2.91. The van der Waals surface area contributed by atoms with Gasteiger partial charge in [0.2, 0.25) is 11.7 Å². The van der Waals surface area contributed by atoms with Crippen molar-refractivity contribution in [3.05, 3.63) is 42.4 Å². The highest BCUT2D eigenvalue weighted by molar-refractivity contribution is 5.82. The quantitative estimate of drug-likeness (QED) is 0.773. The highest BCUT2D eigenvalue weighted by atomic mass is 16.5. The number of methoxy groups -OCH3 is 1. The van der Waals surface area contributed by atoms with Gasteiger partial charge in [0, 0.05) is 30.9 Å². The van der Waals surface area contributed by atoms with Gasteiger partial charge in [0.05, 0.1) is 11.6 Å². The lowest BCUT2D eigenvalue weighted by Crippen LogP contribution is -2.12. The number of rotatable bonds is 5. The minimum absolute atomic E-state index is 0.312. The van der Waals surface area contributed by atoms with Crippen molar-refractivity contribution in [1.82, 2.24) is 15.1 Å². The van der Waals surface area contributed by atoms with Crippen LogP contribution in [0, 0.1) is 0 Å². The molecule has 2 heterocycles. The summed E-state index contributed by atoms with van der Waals surface area (Å²) in [6.07, 6.45) is 2.41.